The van der Waals surface area contributed by atoms with Crippen molar-refractivity contribution in [3.05, 3.63) is 62.9 Å². The quantitative estimate of drug-likeness (QED) is 0.815. The van der Waals surface area contributed by atoms with Gasteiger partial charge in [-0.05, 0) is 67.6 Å². The highest BCUT2D eigenvalue weighted by atomic mass is 35.5. The lowest BCUT2D eigenvalue weighted by Crippen LogP contribution is -2.29. The number of nitrogens with zero attached hydrogens (tertiary/aromatic N) is 3. The third kappa shape index (κ3) is 3.33. The van der Waals surface area contributed by atoms with Gasteiger partial charge in [0.1, 0.15) is 0 Å². The van der Waals surface area contributed by atoms with Crippen LogP contribution < -0.4 is 0 Å². The van der Waals surface area contributed by atoms with E-state index in [-0.39, 0.29) is 11.9 Å². The zero-order valence-electron chi connectivity index (χ0n) is 15.9. The second-order valence-electron chi connectivity index (χ2n) is 7.57. The highest BCUT2D eigenvalue weighted by molar-refractivity contribution is 6.30. The largest absolute Gasteiger partial charge is 0.465 e. The molecule has 1 fully saturated rings. The monoisotopic (exact) mass is 399 g/mol. The second kappa shape index (κ2) is 7.09. The summed E-state index contributed by atoms with van der Waals surface area (Å²) in [6, 6.07) is 7.15. The van der Waals surface area contributed by atoms with E-state index in [1.165, 1.54) is 4.90 Å². The van der Waals surface area contributed by atoms with E-state index in [0.717, 1.165) is 40.9 Å². The average molecular weight is 400 g/mol. The summed E-state index contributed by atoms with van der Waals surface area (Å²) < 4.78 is 0. The lowest BCUT2D eigenvalue weighted by Gasteiger charge is -2.24. The summed E-state index contributed by atoms with van der Waals surface area (Å²) in [7, 11) is 0. The van der Waals surface area contributed by atoms with Crippen LogP contribution in [0.3, 0.4) is 0 Å². The maximum absolute atomic E-state index is 13.1. The molecule has 0 unspecified atom stereocenters. The number of likely N-dealkylation sites (tertiary alicyclic amines) is 1. The minimum absolute atomic E-state index is 0.0478. The molecule has 6 nitrogen and oxygen atoms in total. The number of hydrogen-bond acceptors (Lipinski definition) is 3. The third-order valence-corrected chi connectivity index (χ3v) is 5.74. The SMILES string of the molecule is Cc1cc(C(=O)N2Cc3cc(Cl)cc([C@@H]4CCCN4C(=O)O)c3C2)cc(C)n1. The molecule has 28 heavy (non-hydrogen) atoms. The number of rotatable bonds is 2. The first-order valence-corrected chi connectivity index (χ1v) is 9.76. The van der Waals surface area contributed by atoms with Crippen LogP contribution in [0, 0.1) is 13.8 Å². The Kier molecular flexibility index (Phi) is 4.75. The van der Waals surface area contributed by atoms with E-state index >= 15 is 0 Å². The topological polar surface area (TPSA) is 73.7 Å². The van der Waals surface area contributed by atoms with Crippen LogP contribution >= 0.6 is 11.6 Å². The van der Waals surface area contributed by atoms with E-state index < -0.39 is 6.09 Å². The zero-order valence-corrected chi connectivity index (χ0v) is 16.7. The Morgan fingerprint density at radius 3 is 2.54 bits per heavy atom. The highest BCUT2D eigenvalue weighted by Gasteiger charge is 2.35. The number of carbonyl (C=O) groups is 2. The maximum Gasteiger partial charge on any atom is 0.407 e. The Morgan fingerprint density at radius 2 is 1.86 bits per heavy atom. The molecule has 2 amide bonds. The van der Waals surface area contributed by atoms with E-state index in [9.17, 15) is 14.7 Å². The van der Waals surface area contributed by atoms with Crippen LogP contribution in [0.15, 0.2) is 24.3 Å². The van der Waals surface area contributed by atoms with E-state index in [1.54, 1.807) is 17.0 Å². The molecule has 0 radical (unpaired) electrons. The van der Waals surface area contributed by atoms with Gasteiger partial charge in [0.05, 0.1) is 6.04 Å². The number of fused-ring (bicyclic) bond motifs is 1. The second-order valence-corrected chi connectivity index (χ2v) is 8.00. The highest BCUT2D eigenvalue weighted by Crippen LogP contribution is 2.39. The van der Waals surface area contributed by atoms with Gasteiger partial charge in [0.2, 0.25) is 0 Å². The fraction of sp³-hybridized carbons (Fsp3) is 0.381. The van der Waals surface area contributed by atoms with Crippen LogP contribution in [0.25, 0.3) is 0 Å². The molecule has 0 spiro atoms. The number of aromatic nitrogens is 1. The summed E-state index contributed by atoms with van der Waals surface area (Å²) >= 11 is 6.34. The molecular formula is C21H22ClN3O3. The number of amides is 2. The number of hydrogen-bond donors (Lipinski definition) is 1. The molecule has 0 saturated carbocycles. The first-order chi connectivity index (χ1) is 13.3. The first-order valence-electron chi connectivity index (χ1n) is 9.39. The molecule has 7 heteroatoms. The van der Waals surface area contributed by atoms with Crippen molar-refractivity contribution in [2.24, 2.45) is 0 Å². The minimum atomic E-state index is -0.912. The van der Waals surface area contributed by atoms with E-state index in [4.69, 9.17) is 11.6 Å². The number of benzene rings is 1. The Bertz CT molecular complexity index is 955. The summed E-state index contributed by atoms with van der Waals surface area (Å²) in [4.78, 5) is 32.3. The lowest BCUT2D eigenvalue weighted by atomic mass is 9.96. The minimum Gasteiger partial charge on any atom is -0.465 e. The number of pyridine rings is 1. The van der Waals surface area contributed by atoms with Crippen LogP contribution in [-0.2, 0) is 13.1 Å². The zero-order chi connectivity index (χ0) is 20.0. The Morgan fingerprint density at radius 1 is 1.14 bits per heavy atom. The molecule has 3 heterocycles. The maximum atomic E-state index is 13.1. The van der Waals surface area contributed by atoms with Crippen molar-refractivity contribution in [1.29, 1.82) is 0 Å². The molecule has 0 bridgehead atoms. The summed E-state index contributed by atoms with van der Waals surface area (Å²) in [5.41, 5.74) is 5.20. The molecular weight excluding hydrogens is 378 g/mol. The fourth-order valence-corrected chi connectivity index (χ4v) is 4.65. The summed E-state index contributed by atoms with van der Waals surface area (Å²) in [5.74, 6) is -0.0478. The van der Waals surface area contributed by atoms with Crippen molar-refractivity contribution >= 4 is 23.6 Å². The van der Waals surface area contributed by atoms with E-state index in [0.29, 0.717) is 30.2 Å². The smallest absolute Gasteiger partial charge is 0.407 e. The molecule has 2 aliphatic heterocycles. The van der Waals surface area contributed by atoms with Crippen molar-refractivity contribution in [3.8, 4) is 0 Å². The van der Waals surface area contributed by atoms with Gasteiger partial charge in [0, 0.05) is 41.6 Å². The van der Waals surface area contributed by atoms with Gasteiger partial charge in [0.15, 0.2) is 0 Å². The van der Waals surface area contributed by atoms with Gasteiger partial charge in [-0.15, -0.1) is 0 Å². The van der Waals surface area contributed by atoms with Crippen LogP contribution in [-0.4, -0.2) is 38.4 Å². The Hall–Kier alpha value is -2.60. The molecule has 1 N–H and O–H groups in total. The number of halogens is 1. The van der Waals surface area contributed by atoms with Crippen molar-refractivity contribution in [1.82, 2.24) is 14.8 Å². The van der Waals surface area contributed by atoms with Gasteiger partial charge >= 0.3 is 6.09 Å². The molecule has 2 aromatic rings. The predicted octanol–water partition coefficient (Wildman–Crippen LogP) is 4.32. The van der Waals surface area contributed by atoms with Gasteiger partial charge < -0.3 is 14.9 Å². The fourth-order valence-electron chi connectivity index (χ4n) is 4.40. The van der Waals surface area contributed by atoms with Gasteiger partial charge in [-0.1, -0.05) is 11.6 Å². The van der Waals surface area contributed by atoms with Gasteiger partial charge in [0.25, 0.3) is 5.91 Å². The summed E-state index contributed by atoms with van der Waals surface area (Å²) in [5, 5.41) is 10.1. The lowest BCUT2D eigenvalue weighted by molar-refractivity contribution is 0.0750. The molecule has 0 aliphatic carbocycles. The standard InChI is InChI=1S/C21H22ClN3O3/c1-12-6-14(7-13(2)23-12)20(26)24-10-15-8-16(22)9-17(18(15)11-24)19-4-3-5-25(19)21(27)28/h6-9,19H,3-5,10-11H2,1-2H3,(H,27,28)/t19-/m0/s1. The van der Waals surface area contributed by atoms with Crippen LogP contribution in [0.4, 0.5) is 4.79 Å². The van der Waals surface area contributed by atoms with E-state index in [1.807, 2.05) is 26.0 Å². The summed E-state index contributed by atoms with van der Waals surface area (Å²) in [6.07, 6.45) is 0.691. The van der Waals surface area contributed by atoms with Crippen LogP contribution in [0.2, 0.25) is 5.02 Å². The van der Waals surface area contributed by atoms with Crippen LogP contribution in [0.1, 0.15) is 57.3 Å². The normalized spacial score (nSPS) is 18.5. The molecule has 146 valence electrons. The van der Waals surface area contributed by atoms with Crippen molar-refractivity contribution in [2.75, 3.05) is 6.54 Å². The third-order valence-electron chi connectivity index (χ3n) is 5.52. The molecule has 2 aliphatic rings. The average Bonchev–Trinajstić information content (AvgIpc) is 3.26. The van der Waals surface area contributed by atoms with Crippen molar-refractivity contribution in [2.45, 2.75) is 45.8 Å². The Balaban J connectivity index is 1.66. The van der Waals surface area contributed by atoms with Crippen molar-refractivity contribution < 1.29 is 14.7 Å². The molecule has 1 atom stereocenters. The van der Waals surface area contributed by atoms with E-state index in [2.05, 4.69) is 4.98 Å². The molecule has 1 aromatic carbocycles. The molecule has 1 saturated heterocycles. The van der Waals surface area contributed by atoms with Gasteiger partial charge in [-0.2, -0.15) is 0 Å². The number of carboxylic acid groups (broad SMARTS) is 1. The summed E-state index contributed by atoms with van der Waals surface area (Å²) in [6.45, 7) is 5.22. The molecule has 4 rings (SSSR count). The molecule has 1 aromatic heterocycles. The van der Waals surface area contributed by atoms with Gasteiger partial charge in [-0.25, -0.2) is 4.79 Å². The van der Waals surface area contributed by atoms with Crippen LogP contribution in [0.5, 0.6) is 0 Å². The number of carbonyl (C=O) groups excluding carboxylic acids is 1. The predicted molar refractivity (Wildman–Crippen MR) is 105 cm³/mol. The number of aryl methyl sites for hydroxylation is 2. The first kappa shape index (κ1) is 18.7. The van der Waals surface area contributed by atoms with Crippen molar-refractivity contribution in [3.63, 3.8) is 0 Å². The Labute approximate surface area is 168 Å². The van der Waals surface area contributed by atoms with Gasteiger partial charge in [-0.3, -0.25) is 9.78 Å².